The lowest BCUT2D eigenvalue weighted by atomic mass is 10.4. The van der Waals surface area contributed by atoms with Crippen LogP contribution in [0.25, 0.3) is 0 Å². The lowest BCUT2D eigenvalue weighted by molar-refractivity contribution is -0.302. The van der Waals surface area contributed by atoms with Crippen molar-refractivity contribution in [1.82, 2.24) is 0 Å². The van der Waals surface area contributed by atoms with Crippen LogP contribution < -0.4 is 0 Å². The van der Waals surface area contributed by atoms with Gasteiger partial charge in [-0.2, -0.15) is 0 Å². The molecule has 6 N–H and O–H groups in total. The molecule has 0 saturated carbocycles. The van der Waals surface area contributed by atoms with Crippen LogP contribution in [0.5, 0.6) is 0 Å². The van der Waals surface area contributed by atoms with Gasteiger partial charge in [-0.25, -0.2) is 0 Å². The van der Waals surface area contributed by atoms with E-state index in [-0.39, 0.29) is 0 Å². The molecule has 0 aromatic carbocycles. The monoisotopic (exact) mass is 138 g/mol. The van der Waals surface area contributed by atoms with Crippen molar-refractivity contribution in [2.75, 3.05) is 0 Å². The summed E-state index contributed by atoms with van der Waals surface area (Å²) in [5, 5.41) is 47.6. The molecule has 0 saturated heterocycles. The standard InChI is InChI=1S/C3H6O6/c4-1(2(5)6)3(7,8)9/h4-9H. The second kappa shape index (κ2) is 2.09. The minimum atomic E-state index is -3.58. The third kappa shape index (κ3) is 2.17. The molecule has 0 heterocycles. The molecule has 0 bridgehead atoms. The summed E-state index contributed by atoms with van der Waals surface area (Å²) >= 11 is 0. The van der Waals surface area contributed by atoms with Gasteiger partial charge in [0, 0.05) is 0 Å². The Hall–Kier alpha value is -0.980. The maximum absolute atomic E-state index is 8.09. The predicted octanol–water partition coefficient (Wildman–Crippen LogP) is -1.54. The predicted molar refractivity (Wildman–Crippen MR) is 24.3 cm³/mol. The normalized spacial score (nSPS) is 11.0. The third-order valence-electron chi connectivity index (χ3n) is 0.530. The van der Waals surface area contributed by atoms with Gasteiger partial charge >= 0.3 is 11.9 Å². The molecule has 0 amide bonds. The van der Waals surface area contributed by atoms with Crippen LogP contribution in [0, 0.1) is 0 Å². The first-order chi connectivity index (χ1) is 3.85. The van der Waals surface area contributed by atoms with Crippen LogP contribution >= 0.6 is 0 Å². The molecule has 0 aliphatic rings. The Morgan fingerprint density at radius 2 is 1.22 bits per heavy atom. The van der Waals surface area contributed by atoms with Crippen molar-refractivity contribution in [3.63, 3.8) is 0 Å². The SMILES string of the molecule is OC(O)=C(O)C(O)(O)O. The molecule has 0 aliphatic heterocycles. The van der Waals surface area contributed by atoms with Crippen molar-refractivity contribution < 1.29 is 30.6 Å². The molecule has 0 aromatic rings. The van der Waals surface area contributed by atoms with E-state index in [2.05, 4.69) is 0 Å². The van der Waals surface area contributed by atoms with Crippen molar-refractivity contribution in [3.05, 3.63) is 11.7 Å². The molecular weight excluding hydrogens is 132 g/mol. The zero-order valence-corrected chi connectivity index (χ0v) is 4.18. The van der Waals surface area contributed by atoms with Gasteiger partial charge in [0.25, 0.3) is 5.76 Å². The first-order valence-corrected chi connectivity index (χ1v) is 1.84. The molecule has 6 heteroatoms. The highest BCUT2D eigenvalue weighted by Gasteiger charge is 2.29. The molecule has 0 aromatic heterocycles. The van der Waals surface area contributed by atoms with Crippen LogP contribution in [0.2, 0.25) is 0 Å². The zero-order chi connectivity index (χ0) is 7.65. The molecule has 0 rings (SSSR count). The van der Waals surface area contributed by atoms with Gasteiger partial charge in [0.15, 0.2) is 0 Å². The lowest BCUT2D eigenvalue weighted by Crippen LogP contribution is -2.31. The first-order valence-electron chi connectivity index (χ1n) is 1.84. The zero-order valence-electron chi connectivity index (χ0n) is 4.18. The summed E-state index contributed by atoms with van der Waals surface area (Å²) in [5.41, 5.74) is 0. The topological polar surface area (TPSA) is 121 Å². The van der Waals surface area contributed by atoms with E-state index < -0.39 is 17.7 Å². The van der Waals surface area contributed by atoms with Crippen molar-refractivity contribution in [2.45, 2.75) is 5.97 Å². The Labute approximate surface area is 49.5 Å². The number of aliphatic hydroxyl groups is 6. The minimum absolute atomic E-state index is 1.72. The van der Waals surface area contributed by atoms with Gasteiger partial charge in [-0.3, -0.25) is 0 Å². The van der Waals surface area contributed by atoms with Gasteiger partial charge in [-0.05, 0) is 0 Å². The average Bonchev–Trinajstić information content (AvgIpc) is 1.62. The fourth-order valence-electron chi connectivity index (χ4n) is 0.150. The van der Waals surface area contributed by atoms with Crippen LogP contribution in [-0.4, -0.2) is 36.6 Å². The van der Waals surface area contributed by atoms with Gasteiger partial charge in [-0.15, -0.1) is 0 Å². The molecule has 6 nitrogen and oxygen atoms in total. The minimum Gasteiger partial charge on any atom is -0.500 e. The molecule has 0 fully saturated rings. The highest BCUT2D eigenvalue weighted by molar-refractivity contribution is 4.95. The largest absolute Gasteiger partial charge is 0.500 e. The quantitative estimate of drug-likeness (QED) is 0.193. The van der Waals surface area contributed by atoms with Crippen LogP contribution in [0.3, 0.4) is 0 Å². The molecule has 0 aliphatic carbocycles. The summed E-state index contributed by atoms with van der Waals surface area (Å²) in [5.74, 6) is -7.05. The van der Waals surface area contributed by atoms with Crippen molar-refractivity contribution >= 4 is 0 Å². The fraction of sp³-hybridized carbons (Fsp3) is 0.333. The fourth-order valence-corrected chi connectivity index (χ4v) is 0.150. The summed E-state index contributed by atoms with van der Waals surface area (Å²) in [6.07, 6.45) is 0. The molecule has 9 heavy (non-hydrogen) atoms. The van der Waals surface area contributed by atoms with Gasteiger partial charge < -0.3 is 30.6 Å². The van der Waals surface area contributed by atoms with E-state index in [4.69, 9.17) is 30.6 Å². The second-order valence-electron chi connectivity index (χ2n) is 1.31. The maximum Gasteiger partial charge on any atom is 0.345 e. The van der Waals surface area contributed by atoms with Crippen LogP contribution in [0.15, 0.2) is 11.7 Å². The Kier molecular flexibility index (Phi) is 1.87. The van der Waals surface area contributed by atoms with E-state index >= 15 is 0 Å². The maximum atomic E-state index is 8.09. The molecule has 54 valence electrons. The van der Waals surface area contributed by atoms with Crippen molar-refractivity contribution in [3.8, 4) is 0 Å². The number of hydrogen-bond donors (Lipinski definition) is 6. The summed E-state index contributed by atoms with van der Waals surface area (Å²) in [6.45, 7) is 0. The Balaban J connectivity index is 4.40. The first kappa shape index (κ1) is 8.02. The van der Waals surface area contributed by atoms with E-state index in [0.29, 0.717) is 0 Å². The van der Waals surface area contributed by atoms with Gasteiger partial charge in [-0.1, -0.05) is 0 Å². The highest BCUT2D eigenvalue weighted by atomic mass is 16.7. The number of aliphatic hydroxyl groups excluding tert-OH is 2. The van der Waals surface area contributed by atoms with Crippen LogP contribution in [0.4, 0.5) is 0 Å². The van der Waals surface area contributed by atoms with Crippen LogP contribution in [0.1, 0.15) is 0 Å². The summed E-state index contributed by atoms with van der Waals surface area (Å²) in [4.78, 5) is 0. The molecular formula is C3H6O6. The molecule has 0 spiro atoms. The smallest absolute Gasteiger partial charge is 0.345 e. The number of hydrogen-bond acceptors (Lipinski definition) is 6. The van der Waals surface area contributed by atoms with Crippen LogP contribution in [-0.2, 0) is 0 Å². The molecule has 0 atom stereocenters. The van der Waals surface area contributed by atoms with Crippen molar-refractivity contribution in [2.24, 2.45) is 0 Å². The average molecular weight is 138 g/mol. The van der Waals surface area contributed by atoms with Crippen molar-refractivity contribution in [1.29, 1.82) is 0 Å². The lowest BCUT2D eigenvalue weighted by Gasteiger charge is -2.10. The van der Waals surface area contributed by atoms with Gasteiger partial charge in [0.05, 0.1) is 0 Å². The van der Waals surface area contributed by atoms with E-state index in [1.54, 1.807) is 0 Å². The second-order valence-corrected chi connectivity index (χ2v) is 1.31. The van der Waals surface area contributed by atoms with E-state index in [9.17, 15) is 0 Å². The Bertz CT molecular complexity index is 126. The van der Waals surface area contributed by atoms with E-state index in [1.165, 1.54) is 0 Å². The Morgan fingerprint density at radius 1 is 0.889 bits per heavy atom. The third-order valence-corrected chi connectivity index (χ3v) is 0.530. The number of rotatable bonds is 1. The van der Waals surface area contributed by atoms with E-state index in [1.807, 2.05) is 0 Å². The van der Waals surface area contributed by atoms with Gasteiger partial charge in [0.1, 0.15) is 0 Å². The highest BCUT2D eigenvalue weighted by Crippen LogP contribution is 2.07. The van der Waals surface area contributed by atoms with Gasteiger partial charge in [0.2, 0.25) is 0 Å². The molecule has 0 unspecified atom stereocenters. The summed E-state index contributed by atoms with van der Waals surface area (Å²) in [6, 6.07) is 0. The summed E-state index contributed by atoms with van der Waals surface area (Å²) in [7, 11) is 0. The van der Waals surface area contributed by atoms with E-state index in [0.717, 1.165) is 0 Å². The molecule has 0 radical (unpaired) electrons. The summed E-state index contributed by atoms with van der Waals surface area (Å²) < 4.78 is 0. The Morgan fingerprint density at radius 3 is 1.22 bits per heavy atom.